The Hall–Kier alpha value is -2.35. The largest absolute Gasteiger partial charge is 0.469 e. The highest BCUT2D eigenvalue weighted by molar-refractivity contribution is 7.99. The van der Waals surface area contributed by atoms with E-state index in [2.05, 4.69) is 22.0 Å². The van der Waals surface area contributed by atoms with Crippen LogP contribution in [0.25, 0.3) is 10.9 Å². The first-order chi connectivity index (χ1) is 13.1. The molecule has 1 amide bonds. The highest BCUT2D eigenvalue weighted by Crippen LogP contribution is 2.18. The maximum atomic E-state index is 12.8. The summed E-state index contributed by atoms with van der Waals surface area (Å²) in [7, 11) is 1.34. The number of esters is 1. The molecule has 0 saturated carbocycles. The van der Waals surface area contributed by atoms with Crippen LogP contribution < -0.4 is 10.9 Å². The van der Waals surface area contributed by atoms with Gasteiger partial charge in [0.2, 0.25) is 5.91 Å². The minimum absolute atomic E-state index is 0.0740. The third-order valence-corrected chi connectivity index (χ3v) is 4.98. The van der Waals surface area contributed by atoms with Gasteiger partial charge in [0.05, 0.1) is 23.8 Å². The van der Waals surface area contributed by atoms with E-state index in [0.717, 1.165) is 12.8 Å². The molecule has 1 heterocycles. The molecular formula is C19H25N3O4S. The number of unbranched alkanes of at least 4 members (excludes halogenated alkanes) is 1. The first kappa shape index (κ1) is 21.0. The summed E-state index contributed by atoms with van der Waals surface area (Å²) >= 11 is 1.25. The molecule has 0 radical (unpaired) electrons. The third kappa shape index (κ3) is 6.09. The second-order valence-electron chi connectivity index (χ2n) is 6.04. The van der Waals surface area contributed by atoms with Crippen LogP contribution in [0.4, 0.5) is 0 Å². The Labute approximate surface area is 162 Å². The van der Waals surface area contributed by atoms with E-state index in [-0.39, 0.29) is 29.6 Å². The van der Waals surface area contributed by atoms with Crippen LogP contribution >= 0.6 is 11.8 Å². The molecule has 146 valence electrons. The number of nitrogens with zero attached hydrogens (tertiary/aromatic N) is 2. The van der Waals surface area contributed by atoms with Gasteiger partial charge in [-0.3, -0.25) is 19.0 Å². The SMILES string of the molecule is CCCCn1c(SCC(=O)NCCCC(=O)OC)nc2ccccc2c1=O. The maximum Gasteiger partial charge on any atom is 0.305 e. The van der Waals surface area contributed by atoms with E-state index < -0.39 is 0 Å². The quantitative estimate of drug-likeness (QED) is 0.289. The van der Waals surface area contributed by atoms with Gasteiger partial charge in [-0.25, -0.2) is 4.98 Å². The molecule has 0 aliphatic rings. The van der Waals surface area contributed by atoms with Gasteiger partial charge < -0.3 is 10.1 Å². The predicted octanol–water partition coefficient (Wildman–Crippen LogP) is 2.36. The Kier molecular flexibility index (Phi) is 8.32. The molecule has 0 spiro atoms. The molecule has 0 atom stereocenters. The van der Waals surface area contributed by atoms with E-state index in [1.807, 2.05) is 12.1 Å². The second-order valence-corrected chi connectivity index (χ2v) is 6.98. The number of rotatable bonds is 10. The number of ether oxygens (including phenoxy) is 1. The van der Waals surface area contributed by atoms with Gasteiger partial charge in [-0.1, -0.05) is 37.2 Å². The van der Waals surface area contributed by atoms with Gasteiger partial charge in [0.15, 0.2) is 5.16 Å². The number of hydrogen-bond acceptors (Lipinski definition) is 6. The number of carbonyl (C=O) groups is 2. The molecule has 27 heavy (non-hydrogen) atoms. The highest BCUT2D eigenvalue weighted by atomic mass is 32.2. The molecule has 0 aliphatic carbocycles. The number of aromatic nitrogens is 2. The minimum Gasteiger partial charge on any atom is -0.469 e. The summed E-state index contributed by atoms with van der Waals surface area (Å²) in [6.07, 6.45) is 2.63. The minimum atomic E-state index is -0.293. The highest BCUT2D eigenvalue weighted by Gasteiger charge is 2.13. The molecule has 2 aromatic rings. The van der Waals surface area contributed by atoms with Crippen molar-refractivity contribution < 1.29 is 14.3 Å². The molecule has 1 aromatic heterocycles. The van der Waals surface area contributed by atoms with Crippen molar-refractivity contribution in [1.82, 2.24) is 14.9 Å². The lowest BCUT2D eigenvalue weighted by Gasteiger charge is -2.12. The molecule has 0 saturated heterocycles. The van der Waals surface area contributed by atoms with Crippen molar-refractivity contribution in [2.45, 2.75) is 44.3 Å². The molecule has 0 fully saturated rings. The lowest BCUT2D eigenvalue weighted by Crippen LogP contribution is -2.28. The molecule has 7 nitrogen and oxygen atoms in total. The number of fused-ring (bicyclic) bond motifs is 1. The van der Waals surface area contributed by atoms with Crippen LogP contribution in [-0.4, -0.2) is 40.8 Å². The van der Waals surface area contributed by atoms with Gasteiger partial charge in [-0.2, -0.15) is 0 Å². The fourth-order valence-corrected chi connectivity index (χ4v) is 3.37. The standard InChI is InChI=1S/C19H25N3O4S/c1-3-4-12-22-18(25)14-8-5-6-9-15(14)21-19(22)27-13-16(23)20-11-7-10-17(24)26-2/h5-6,8-9H,3-4,7,10-13H2,1-2H3,(H,20,23). The molecular weight excluding hydrogens is 366 g/mol. The molecule has 2 rings (SSSR count). The fraction of sp³-hybridized carbons (Fsp3) is 0.474. The Bertz CT molecular complexity index is 850. The number of amides is 1. The smallest absolute Gasteiger partial charge is 0.305 e. The number of nitrogens with one attached hydrogen (secondary N) is 1. The second kappa shape index (κ2) is 10.7. The summed E-state index contributed by atoms with van der Waals surface area (Å²) < 4.78 is 6.21. The number of hydrogen-bond donors (Lipinski definition) is 1. The monoisotopic (exact) mass is 391 g/mol. The molecule has 0 aliphatic heterocycles. The van der Waals surface area contributed by atoms with Crippen LogP contribution in [0, 0.1) is 0 Å². The van der Waals surface area contributed by atoms with E-state index in [1.165, 1.54) is 18.9 Å². The lowest BCUT2D eigenvalue weighted by molar-refractivity contribution is -0.140. The topological polar surface area (TPSA) is 90.3 Å². The number of carbonyl (C=O) groups excluding carboxylic acids is 2. The molecule has 1 N–H and O–H groups in total. The Morgan fingerprint density at radius 3 is 2.78 bits per heavy atom. The van der Waals surface area contributed by atoms with Crippen LogP contribution in [0.15, 0.2) is 34.2 Å². The summed E-state index contributed by atoms with van der Waals surface area (Å²) in [6.45, 7) is 3.05. The van der Waals surface area contributed by atoms with E-state index in [0.29, 0.717) is 35.6 Å². The molecule has 1 aromatic carbocycles. The van der Waals surface area contributed by atoms with E-state index in [9.17, 15) is 14.4 Å². The lowest BCUT2D eigenvalue weighted by atomic mass is 10.2. The van der Waals surface area contributed by atoms with Gasteiger partial charge in [0.25, 0.3) is 5.56 Å². The average molecular weight is 391 g/mol. The normalized spacial score (nSPS) is 10.7. The molecule has 0 unspecified atom stereocenters. The number of para-hydroxylation sites is 1. The predicted molar refractivity (Wildman–Crippen MR) is 106 cm³/mol. The number of thioether (sulfide) groups is 1. The van der Waals surface area contributed by atoms with E-state index >= 15 is 0 Å². The number of methoxy groups -OCH3 is 1. The first-order valence-electron chi connectivity index (χ1n) is 9.02. The van der Waals surface area contributed by atoms with Gasteiger partial charge in [0.1, 0.15) is 0 Å². The van der Waals surface area contributed by atoms with Gasteiger partial charge >= 0.3 is 5.97 Å². The van der Waals surface area contributed by atoms with Crippen molar-refractivity contribution in [2.75, 3.05) is 19.4 Å². The van der Waals surface area contributed by atoms with E-state index in [4.69, 9.17) is 0 Å². The van der Waals surface area contributed by atoms with Crippen molar-refractivity contribution in [3.63, 3.8) is 0 Å². The van der Waals surface area contributed by atoms with Crippen molar-refractivity contribution in [2.24, 2.45) is 0 Å². The zero-order chi connectivity index (χ0) is 19.6. The van der Waals surface area contributed by atoms with Crippen LogP contribution in [-0.2, 0) is 20.9 Å². The summed E-state index contributed by atoms with van der Waals surface area (Å²) in [4.78, 5) is 40.4. The summed E-state index contributed by atoms with van der Waals surface area (Å²) in [6, 6.07) is 7.24. The van der Waals surface area contributed by atoms with Crippen molar-refractivity contribution in [3.8, 4) is 0 Å². The molecule has 0 bridgehead atoms. The Balaban J connectivity index is 2.03. The summed E-state index contributed by atoms with van der Waals surface area (Å²) in [5.74, 6) is -0.289. The van der Waals surface area contributed by atoms with Crippen LogP contribution in [0.2, 0.25) is 0 Å². The summed E-state index contributed by atoms with van der Waals surface area (Å²) in [5, 5.41) is 3.90. The van der Waals surface area contributed by atoms with Gasteiger partial charge in [-0.05, 0) is 25.0 Å². The molecule has 8 heteroatoms. The van der Waals surface area contributed by atoms with Gasteiger partial charge in [-0.15, -0.1) is 0 Å². The average Bonchev–Trinajstić information content (AvgIpc) is 2.69. The zero-order valence-electron chi connectivity index (χ0n) is 15.7. The maximum absolute atomic E-state index is 12.8. The van der Waals surface area contributed by atoms with Gasteiger partial charge in [0, 0.05) is 19.5 Å². The zero-order valence-corrected chi connectivity index (χ0v) is 16.5. The number of benzene rings is 1. The van der Waals surface area contributed by atoms with Crippen LogP contribution in [0.1, 0.15) is 32.6 Å². The third-order valence-electron chi connectivity index (χ3n) is 4.00. The Morgan fingerprint density at radius 2 is 2.04 bits per heavy atom. The summed E-state index contributed by atoms with van der Waals surface area (Å²) in [5.41, 5.74) is 0.561. The van der Waals surface area contributed by atoms with Crippen molar-refractivity contribution >= 4 is 34.5 Å². The van der Waals surface area contributed by atoms with Crippen molar-refractivity contribution in [1.29, 1.82) is 0 Å². The van der Waals surface area contributed by atoms with Crippen LogP contribution in [0.5, 0.6) is 0 Å². The van der Waals surface area contributed by atoms with Crippen molar-refractivity contribution in [3.05, 3.63) is 34.6 Å². The Morgan fingerprint density at radius 1 is 1.26 bits per heavy atom. The fourth-order valence-electron chi connectivity index (χ4n) is 2.51. The van der Waals surface area contributed by atoms with Crippen LogP contribution in [0.3, 0.4) is 0 Å². The van der Waals surface area contributed by atoms with E-state index in [1.54, 1.807) is 16.7 Å². The first-order valence-corrected chi connectivity index (χ1v) is 10.0.